The summed E-state index contributed by atoms with van der Waals surface area (Å²) in [6, 6.07) is 1.99. The van der Waals surface area contributed by atoms with Crippen LogP contribution in [-0.4, -0.2) is 74.2 Å². The van der Waals surface area contributed by atoms with Crippen LogP contribution in [0.3, 0.4) is 0 Å². The topological polar surface area (TPSA) is 119 Å². The Morgan fingerprint density at radius 1 is 0.816 bits per heavy atom. The molecule has 0 aliphatic carbocycles. The average Bonchev–Trinajstić information content (AvgIpc) is 2.78. The number of rotatable bonds is 12. The molecular weight excluding hydrogens is 498 g/mol. The first-order valence-corrected chi connectivity index (χ1v) is 12.5. The van der Waals surface area contributed by atoms with Crippen molar-refractivity contribution in [1.82, 2.24) is 4.90 Å². The summed E-state index contributed by atoms with van der Waals surface area (Å²) in [5.74, 6) is -0.0804. The fourth-order valence-electron chi connectivity index (χ4n) is 3.10. The van der Waals surface area contributed by atoms with Gasteiger partial charge in [0, 0.05) is 19.6 Å². The molecule has 0 saturated carbocycles. The van der Waals surface area contributed by atoms with Gasteiger partial charge in [-0.05, 0) is 85.6 Å². The van der Waals surface area contributed by atoms with Gasteiger partial charge in [0.1, 0.15) is 17.2 Å². The molecular formula is C27H43NO10. The maximum absolute atomic E-state index is 13.2. The van der Waals surface area contributed by atoms with E-state index in [9.17, 15) is 14.4 Å². The molecule has 1 atom stereocenters. The van der Waals surface area contributed by atoms with Gasteiger partial charge in [-0.25, -0.2) is 14.4 Å². The number of amides is 2. The third-order valence-corrected chi connectivity index (χ3v) is 4.78. The number of ether oxygens (including phenoxy) is 7. The predicted molar refractivity (Wildman–Crippen MR) is 139 cm³/mol. The Hall–Kier alpha value is -3.05. The summed E-state index contributed by atoms with van der Waals surface area (Å²) in [6.45, 7) is 16.3. The quantitative estimate of drug-likeness (QED) is 0.155. The Morgan fingerprint density at radius 3 is 1.66 bits per heavy atom. The maximum Gasteiger partial charge on any atom is 0.420 e. The molecule has 0 radical (unpaired) electrons. The van der Waals surface area contributed by atoms with Crippen LogP contribution in [0.4, 0.5) is 9.59 Å². The summed E-state index contributed by atoms with van der Waals surface area (Å²) in [5.41, 5.74) is -0.572. The Balaban J connectivity index is 3.53. The Morgan fingerprint density at radius 2 is 1.26 bits per heavy atom. The highest BCUT2D eigenvalue weighted by atomic mass is 16.7. The second-order valence-electron chi connectivity index (χ2n) is 10.3. The van der Waals surface area contributed by atoms with E-state index in [4.69, 9.17) is 33.2 Å². The van der Waals surface area contributed by atoms with Crippen molar-refractivity contribution in [2.24, 2.45) is 0 Å². The molecule has 11 nitrogen and oxygen atoms in total. The van der Waals surface area contributed by atoms with E-state index in [0.29, 0.717) is 40.7 Å². The third kappa shape index (κ3) is 11.1. The molecule has 0 aliphatic heterocycles. The summed E-state index contributed by atoms with van der Waals surface area (Å²) in [6.07, 6.45) is -2.18. The van der Waals surface area contributed by atoms with Gasteiger partial charge in [-0.15, -0.1) is 0 Å². The maximum atomic E-state index is 13.2. The minimum Gasteiger partial charge on any atom is -0.467 e. The number of imide groups is 1. The van der Waals surface area contributed by atoms with E-state index in [1.165, 1.54) is 7.11 Å². The van der Waals surface area contributed by atoms with Crippen molar-refractivity contribution < 1.29 is 47.5 Å². The van der Waals surface area contributed by atoms with Gasteiger partial charge < -0.3 is 33.2 Å². The van der Waals surface area contributed by atoms with E-state index in [1.54, 1.807) is 60.6 Å². The lowest BCUT2D eigenvalue weighted by molar-refractivity contribution is -0.146. The van der Waals surface area contributed by atoms with Crippen LogP contribution in [-0.2, 0) is 34.9 Å². The fraction of sp³-hybridized carbons (Fsp3) is 0.667. The van der Waals surface area contributed by atoms with Crippen LogP contribution in [0.2, 0.25) is 0 Å². The molecule has 1 rings (SSSR count). The molecule has 1 aromatic carbocycles. The molecule has 0 N–H and O–H groups in total. The molecule has 0 aromatic heterocycles. The minimum atomic E-state index is -1.39. The summed E-state index contributed by atoms with van der Waals surface area (Å²) < 4.78 is 37.9. The second-order valence-corrected chi connectivity index (χ2v) is 10.3. The number of carbonyl (C=O) groups is 3. The van der Waals surface area contributed by atoms with Gasteiger partial charge >= 0.3 is 18.2 Å². The van der Waals surface area contributed by atoms with Crippen LogP contribution in [0.25, 0.3) is 0 Å². The summed E-state index contributed by atoms with van der Waals surface area (Å²) in [4.78, 5) is 40.0. The molecule has 0 fully saturated rings. The van der Waals surface area contributed by atoms with E-state index in [1.807, 2.05) is 13.8 Å². The molecule has 1 aromatic rings. The molecule has 2 amide bonds. The Bertz CT molecular complexity index is 905. The van der Waals surface area contributed by atoms with E-state index in [2.05, 4.69) is 0 Å². The monoisotopic (exact) mass is 541 g/mol. The van der Waals surface area contributed by atoms with E-state index in [-0.39, 0.29) is 20.0 Å². The average molecular weight is 542 g/mol. The first-order valence-electron chi connectivity index (χ1n) is 12.5. The predicted octanol–water partition coefficient (Wildman–Crippen LogP) is 5.00. The normalized spacial score (nSPS) is 12.4. The van der Waals surface area contributed by atoms with Gasteiger partial charge in [0.2, 0.25) is 0 Å². The molecule has 0 heterocycles. The van der Waals surface area contributed by atoms with Gasteiger partial charge in [-0.2, -0.15) is 4.90 Å². The van der Waals surface area contributed by atoms with Crippen molar-refractivity contribution in [2.45, 2.75) is 86.0 Å². The molecule has 11 heteroatoms. The fourth-order valence-corrected chi connectivity index (χ4v) is 3.10. The first kappa shape index (κ1) is 33.0. The lowest BCUT2D eigenvalue weighted by Crippen LogP contribution is -2.53. The first-order chi connectivity index (χ1) is 17.6. The number of benzene rings is 1. The number of esters is 1. The smallest absolute Gasteiger partial charge is 0.420 e. The molecule has 0 aliphatic rings. The number of nitrogens with zero attached hydrogens (tertiary/aromatic N) is 1. The zero-order valence-electron chi connectivity index (χ0n) is 24.3. The molecule has 0 spiro atoms. The second kappa shape index (κ2) is 14.8. The van der Waals surface area contributed by atoms with Crippen molar-refractivity contribution >= 4 is 18.2 Å². The van der Waals surface area contributed by atoms with E-state index < -0.39 is 35.4 Å². The van der Waals surface area contributed by atoms with Crippen LogP contribution in [0, 0.1) is 6.92 Å². The van der Waals surface area contributed by atoms with Gasteiger partial charge in [0.05, 0.1) is 7.11 Å². The van der Waals surface area contributed by atoms with Crippen molar-refractivity contribution in [3.05, 3.63) is 23.3 Å². The SMILES string of the molecule is CCOCOc1cc(C)c(C[C@@H](C(=O)OC)N(C(=O)OC(C)(C)C)C(=O)OC(C)(C)C)cc1OCOCC. The van der Waals surface area contributed by atoms with Gasteiger partial charge in [0.15, 0.2) is 25.1 Å². The van der Waals surface area contributed by atoms with Crippen LogP contribution in [0.15, 0.2) is 12.1 Å². The van der Waals surface area contributed by atoms with Gasteiger partial charge in [-0.3, -0.25) is 0 Å². The van der Waals surface area contributed by atoms with E-state index >= 15 is 0 Å². The molecule has 0 saturated heterocycles. The van der Waals surface area contributed by atoms with Crippen molar-refractivity contribution in [2.75, 3.05) is 33.9 Å². The van der Waals surface area contributed by atoms with E-state index in [0.717, 1.165) is 0 Å². The number of carbonyl (C=O) groups excluding carboxylic acids is 3. The lowest BCUT2D eigenvalue weighted by atomic mass is 9.99. The summed E-state index contributed by atoms with van der Waals surface area (Å²) >= 11 is 0. The minimum absolute atomic E-state index is 0.0101. The Labute approximate surface area is 225 Å². The highest BCUT2D eigenvalue weighted by Crippen LogP contribution is 2.32. The van der Waals surface area contributed by atoms with Crippen molar-refractivity contribution in [1.29, 1.82) is 0 Å². The number of aryl methyl sites for hydroxylation is 1. The standard InChI is InChI=1S/C27H43NO10/c1-11-33-16-35-21-13-18(3)19(15-22(21)36-17-34-12-2)14-20(23(29)32-10)28(24(30)37-26(4,5)6)25(31)38-27(7,8)9/h13,15,20H,11-12,14,16-17H2,1-10H3/t20-/m0/s1. The number of hydrogen-bond donors (Lipinski definition) is 0. The number of methoxy groups -OCH3 is 1. The molecule has 0 bridgehead atoms. The largest absolute Gasteiger partial charge is 0.467 e. The van der Waals surface area contributed by atoms with Gasteiger partial charge in [0.25, 0.3) is 0 Å². The highest BCUT2D eigenvalue weighted by molar-refractivity contribution is 5.94. The lowest BCUT2D eigenvalue weighted by Gasteiger charge is -2.32. The zero-order chi connectivity index (χ0) is 29.1. The Kier molecular flexibility index (Phi) is 12.8. The van der Waals surface area contributed by atoms with Crippen LogP contribution >= 0.6 is 0 Å². The van der Waals surface area contributed by atoms with Gasteiger partial charge in [-0.1, -0.05) is 0 Å². The molecule has 38 heavy (non-hydrogen) atoms. The molecule has 0 unspecified atom stereocenters. The van der Waals surface area contributed by atoms with Crippen molar-refractivity contribution in [3.8, 4) is 11.5 Å². The summed E-state index contributed by atoms with van der Waals surface area (Å²) in [5, 5.41) is 0. The van der Waals surface area contributed by atoms with Crippen LogP contribution in [0.5, 0.6) is 11.5 Å². The van der Waals surface area contributed by atoms with Crippen LogP contribution < -0.4 is 9.47 Å². The van der Waals surface area contributed by atoms with Crippen molar-refractivity contribution in [3.63, 3.8) is 0 Å². The highest BCUT2D eigenvalue weighted by Gasteiger charge is 2.41. The molecule has 216 valence electrons. The summed E-state index contributed by atoms with van der Waals surface area (Å²) in [7, 11) is 1.17. The third-order valence-electron chi connectivity index (χ3n) is 4.78. The number of hydrogen-bond acceptors (Lipinski definition) is 10. The van der Waals surface area contributed by atoms with Crippen LogP contribution in [0.1, 0.15) is 66.5 Å². The zero-order valence-corrected chi connectivity index (χ0v) is 24.3.